The van der Waals surface area contributed by atoms with Crippen LogP contribution in [-0.4, -0.2) is 10.2 Å². The van der Waals surface area contributed by atoms with Crippen molar-refractivity contribution in [3.05, 3.63) is 58.7 Å². The molecule has 2 heteroatoms. The van der Waals surface area contributed by atoms with Crippen LogP contribution in [0.4, 0.5) is 0 Å². The number of aromatic hydroxyl groups is 2. The molecule has 0 radical (unpaired) electrons. The molecule has 27 heavy (non-hydrogen) atoms. The zero-order valence-electron chi connectivity index (χ0n) is 17.0. The molecule has 0 aliphatic heterocycles. The smallest absolute Gasteiger partial charge is 0.118 e. The van der Waals surface area contributed by atoms with Crippen molar-refractivity contribution in [3.63, 3.8) is 0 Å². The van der Waals surface area contributed by atoms with Crippen LogP contribution >= 0.6 is 0 Å². The molecule has 2 saturated carbocycles. The first-order valence-corrected chi connectivity index (χ1v) is 10.4. The third-order valence-electron chi connectivity index (χ3n) is 7.83. The summed E-state index contributed by atoms with van der Waals surface area (Å²) in [6.45, 7) is 8.80. The van der Waals surface area contributed by atoms with Crippen LogP contribution in [0.5, 0.6) is 11.5 Å². The Kier molecular flexibility index (Phi) is 4.49. The molecule has 2 N–H and O–H groups in total. The van der Waals surface area contributed by atoms with Crippen molar-refractivity contribution in [2.45, 2.75) is 58.8 Å². The van der Waals surface area contributed by atoms with E-state index < -0.39 is 0 Å². The lowest BCUT2D eigenvalue weighted by atomic mass is 9.63. The van der Waals surface area contributed by atoms with Crippen LogP contribution in [0.25, 0.3) is 0 Å². The predicted molar refractivity (Wildman–Crippen MR) is 110 cm³/mol. The Morgan fingerprint density at radius 2 is 1.37 bits per heavy atom. The normalized spacial score (nSPS) is 27.7. The largest absolute Gasteiger partial charge is 0.508 e. The number of hydrogen-bond donors (Lipinski definition) is 2. The summed E-state index contributed by atoms with van der Waals surface area (Å²) in [5.74, 6) is 3.72. The highest BCUT2D eigenvalue weighted by Crippen LogP contribution is 2.58. The van der Waals surface area contributed by atoms with E-state index in [0.29, 0.717) is 17.4 Å². The Morgan fingerprint density at radius 1 is 0.852 bits per heavy atom. The zero-order chi connectivity index (χ0) is 19.3. The van der Waals surface area contributed by atoms with Gasteiger partial charge in [-0.3, -0.25) is 0 Å². The average Bonchev–Trinajstić information content (AvgIpc) is 3.23. The van der Waals surface area contributed by atoms with E-state index in [1.807, 2.05) is 26.0 Å². The number of rotatable bonds is 3. The first kappa shape index (κ1) is 18.4. The molecule has 0 aromatic heterocycles. The van der Waals surface area contributed by atoms with Crippen molar-refractivity contribution in [1.29, 1.82) is 0 Å². The van der Waals surface area contributed by atoms with Gasteiger partial charge in [0.1, 0.15) is 11.5 Å². The van der Waals surface area contributed by atoms with E-state index in [-0.39, 0.29) is 5.41 Å². The molecule has 0 saturated heterocycles. The van der Waals surface area contributed by atoms with Gasteiger partial charge in [0.15, 0.2) is 0 Å². The maximum absolute atomic E-state index is 10.1. The summed E-state index contributed by atoms with van der Waals surface area (Å²) in [6.07, 6.45) is 5.33. The monoisotopic (exact) mass is 364 g/mol. The van der Waals surface area contributed by atoms with Crippen molar-refractivity contribution in [3.8, 4) is 11.5 Å². The first-order chi connectivity index (χ1) is 12.8. The molecular formula is C25H32O2. The van der Waals surface area contributed by atoms with Gasteiger partial charge in [-0.15, -0.1) is 0 Å². The van der Waals surface area contributed by atoms with E-state index in [1.165, 1.54) is 36.8 Å². The molecular weight excluding hydrogens is 332 g/mol. The molecule has 0 bridgehead atoms. The molecule has 2 aromatic rings. The number of phenols is 2. The predicted octanol–water partition coefficient (Wildman–Crippen LogP) is 6.09. The third kappa shape index (κ3) is 2.85. The molecule has 0 heterocycles. The number of fused-ring (bicyclic) bond motifs is 1. The molecule has 144 valence electrons. The molecule has 0 amide bonds. The highest BCUT2D eigenvalue weighted by atomic mass is 16.3. The van der Waals surface area contributed by atoms with Gasteiger partial charge in [-0.05, 0) is 91.2 Å². The molecule has 4 unspecified atom stereocenters. The standard InChI is InChI=1S/C25H32O2/c1-15-14-22(21-7-5-6-20(15)21)25(4,18-8-10-23(26)16(2)12-18)19-9-11-24(27)17(3)13-19/h8-13,15,20-22,26-27H,5-7,14H2,1-4H3. The second kappa shape index (κ2) is 6.58. The Morgan fingerprint density at radius 3 is 1.89 bits per heavy atom. The van der Waals surface area contributed by atoms with E-state index in [1.54, 1.807) is 0 Å². The van der Waals surface area contributed by atoms with Gasteiger partial charge in [-0.2, -0.15) is 0 Å². The van der Waals surface area contributed by atoms with Crippen LogP contribution in [0.15, 0.2) is 36.4 Å². The minimum atomic E-state index is -0.116. The minimum Gasteiger partial charge on any atom is -0.508 e. The fourth-order valence-electron chi connectivity index (χ4n) is 6.19. The maximum atomic E-state index is 10.1. The molecule has 2 nitrogen and oxygen atoms in total. The fraction of sp³-hybridized carbons (Fsp3) is 0.520. The van der Waals surface area contributed by atoms with Crippen LogP contribution in [-0.2, 0) is 5.41 Å². The van der Waals surface area contributed by atoms with Crippen LogP contribution < -0.4 is 0 Å². The third-order valence-corrected chi connectivity index (χ3v) is 7.83. The summed E-state index contributed by atoms with van der Waals surface area (Å²) < 4.78 is 0. The van der Waals surface area contributed by atoms with E-state index in [4.69, 9.17) is 0 Å². The van der Waals surface area contributed by atoms with Crippen LogP contribution in [0.2, 0.25) is 0 Å². The van der Waals surface area contributed by atoms with Crippen LogP contribution in [0, 0.1) is 37.5 Å². The summed E-state index contributed by atoms with van der Waals surface area (Å²) in [7, 11) is 0. The zero-order valence-corrected chi connectivity index (χ0v) is 17.0. The lowest BCUT2D eigenvalue weighted by Gasteiger charge is -2.41. The highest BCUT2D eigenvalue weighted by molar-refractivity contribution is 5.48. The number of hydrogen-bond acceptors (Lipinski definition) is 2. The first-order valence-electron chi connectivity index (χ1n) is 10.4. The highest BCUT2D eigenvalue weighted by Gasteiger charge is 2.52. The van der Waals surface area contributed by atoms with E-state index in [2.05, 4.69) is 38.1 Å². The Labute approximate surface area is 163 Å². The quantitative estimate of drug-likeness (QED) is 0.691. The molecule has 2 aromatic carbocycles. The summed E-state index contributed by atoms with van der Waals surface area (Å²) in [5, 5.41) is 20.2. The Hall–Kier alpha value is -1.96. The van der Waals surface area contributed by atoms with Crippen molar-refractivity contribution in [2.24, 2.45) is 23.7 Å². The van der Waals surface area contributed by atoms with Gasteiger partial charge in [-0.1, -0.05) is 44.5 Å². The molecule has 2 aliphatic rings. The maximum Gasteiger partial charge on any atom is 0.118 e. The van der Waals surface area contributed by atoms with Crippen molar-refractivity contribution in [1.82, 2.24) is 0 Å². The van der Waals surface area contributed by atoms with Gasteiger partial charge in [0.05, 0.1) is 0 Å². The average molecular weight is 365 g/mol. The molecule has 4 rings (SSSR count). The Bertz CT molecular complexity index is 802. The lowest BCUT2D eigenvalue weighted by molar-refractivity contribution is 0.251. The second-order valence-corrected chi connectivity index (χ2v) is 9.28. The van der Waals surface area contributed by atoms with Crippen LogP contribution in [0.1, 0.15) is 61.8 Å². The van der Waals surface area contributed by atoms with Crippen LogP contribution in [0.3, 0.4) is 0 Å². The fourth-order valence-corrected chi connectivity index (χ4v) is 6.19. The van der Waals surface area contributed by atoms with E-state index >= 15 is 0 Å². The summed E-state index contributed by atoms with van der Waals surface area (Å²) in [4.78, 5) is 0. The number of aryl methyl sites for hydroxylation is 2. The van der Waals surface area contributed by atoms with Gasteiger partial charge in [-0.25, -0.2) is 0 Å². The van der Waals surface area contributed by atoms with Gasteiger partial charge in [0, 0.05) is 5.41 Å². The van der Waals surface area contributed by atoms with Crippen molar-refractivity contribution in [2.75, 3.05) is 0 Å². The van der Waals surface area contributed by atoms with E-state index in [0.717, 1.165) is 28.9 Å². The SMILES string of the molecule is Cc1cc(C(C)(c2ccc(O)c(C)c2)C2CC(C)C3CCCC32)ccc1O. The molecule has 2 aliphatic carbocycles. The molecule has 2 fully saturated rings. The number of benzene rings is 2. The van der Waals surface area contributed by atoms with Gasteiger partial charge in [0.2, 0.25) is 0 Å². The lowest BCUT2D eigenvalue weighted by Crippen LogP contribution is -2.36. The van der Waals surface area contributed by atoms with Crippen molar-refractivity contribution >= 4 is 0 Å². The van der Waals surface area contributed by atoms with Crippen molar-refractivity contribution < 1.29 is 10.2 Å². The summed E-state index contributed by atoms with van der Waals surface area (Å²) in [5.41, 5.74) is 4.32. The second-order valence-electron chi connectivity index (χ2n) is 9.28. The summed E-state index contributed by atoms with van der Waals surface area (Å²) >= 11 is 0. The Balaban J connectivity index is 1.89. The topological polar surface area (TPSA) is 40.5 Å². The van der Waals surface area contributed by atoms with Gasteiger partial charge in [0.25, 0.3) is 0 Å². The number of phenolic OH excluding ortho intramolecular Hbond substituents is 2. The van der Waals surface area contributed by atoms with Gasteiger partial charge >= 0.3 is 0 Å². The van der Waals surface area contributed by atoms with Gasteiger partial charge < -0.3 is 10.2 Å². The minimum absolute atomic E-state index is 0.116. The molecule has 4 atom stereocenters. The summed E-state index contributed by atoms with van der Waals surface area (Å²) in [6, 6.07) is 12.3. The van der Waals surface area contributed by atoms with E-state index in [9.17, 15) is 10.2 Å². The molecule has 0 spiro atoms.